The van der Waals surface area contributed by atoms with Gasteiger partial charge in [0.05, 0.1) is 0 Å². The molecule has 0 bridgehead atoms. The van der Waals surface area contributed by atoms with Crippen LogP contribution in [0.2, 0.25) is 0 Å². The third kappa shape index (κ3) is 2.57. The second-order valence-electron chi connectivity index (χ2n) is 4.40. The van der Waals surface area contributed by atoms with Gasteiger partial charge in [0.15, 0.2) is 5.78 Å². The van der Waals surface area contributed by atoms with Crippen LogP contribution in [0.15, 0.2) is 30.3 Å². The molecule has 1 aliphatic rings. The smallest absolute Gasteiger partial charge is 0.163 e. The summed E-state index contributed by atoms with van der Waals surface area (Å²) < 4.78 is 0. The molecule has 16 heavy (non-hydrogen) atoms. The Kier molecular flexibility index (Phi) is 3.50. The van der Waals surface area contributed by atoms with Crippen molar-refractivity contribution in [3.63, 3.8) is 0 Å². The molecule has 0 amide bonds. The van der Waals surface area contributed by atoms with Gasteiger partial charge < -0.3 is 0 Å². The molecule has 1 fully saturated rings. The number of benzene rings is 1. The Bertz CT molecular complexity index is 381. The number of hydrogen-bond acceptors (Lipinski definition) is 2. The molecule has 0 saturated heterocycles. The normalized spacial score (nSPS) is 20.8. The van der Waals surface area contributed by atoms with Crippen LogP contribution in [0.5, 0.6) is 0 Å². The van der Waals surface area contributed by atoms with E-state index in [2.05, 4.69) is 0 Å². The number of rotatable bonds is 3. The van der Waals surface area contributed by atoms with Gasteiger partial charge in [0.25, 0.3) is 0 Å². The lowest BCUT2D eigenvalue weighted by atomic mass is 9.83. The Morgan fingerprint density at radius 1 is 1.19 bits per heavy atom. The number of carbonyl (C=O) groups excluding carboxylic acids is 2. The van der Waals surface area contributed by atoms with E-state index in [9.17, 15) is 9.59 Å². The summed E-state index contributed by atoms with van der Waals surface area (Å²) >= 11 is 0. The van der Waals surface area contributed by atoms with Gasteiger partial charge in [-0.25, -0.2) is 0 Å². The van der Waals surface area contributed by atoms with Crippen molar-refractivity contribution in [3.05, 3.63) is 35.9 Å². The van der Waals surface area contributed by atoms with Gasteiger partial charge in [-0.3, -0.25) is 9.59 Å². The van der Waals surface area contributed by atoms with Crippen molar-refractivity contribution in [2.75, 3.05) is 0 Å². The van der Waals surface area contributed by atoms with Crippen molar-refractivity contribution >= 4 is 11.6 Å². The minimum atomic E-state index is -0.0264. The van der Waals surface area contributed by atoms with Crippen LogP contribution in [-0.4, -0.2) is 11.6 Å². The van der Waals surface area contributed by atoms with E-state index in [0.29, 0.717) is 12.8 Å². The van der Waals surface area contributed by atoms with Gasteiger partial charge in [-0.1, -0.05) is 36.8 Å². The highest BCUT2D eigenvalue weighted by Crippen LogP contribution is 2.24. The first kappa shape index (κ1) is 11.1. The summed E-state index contributed by atoms with van der Waals surface area (Å²) in [6, 6.07) is 9.24. The van der Waals surface area contributed by atoms with Crippen molar-refractivity contribution in [3.8, 4) is 0 Å². The maximum Gasteiger partial charge on any atom is 0.163 e. The third-order valence-corrected chi connectivity index (χ3v) is 3.21. The molecule has 1 aromatic rings. The Balaban J connectivity index is 1.99. The standard InChI is InChI=1S/C14H16O2/c15-13-9-5-4-8-12(13)10-14(16)11-6-2-1-3-7-11/h1-3,6-7,12H,4-5,8-10H2/t12-/m1/s1. The predicted octanol–water partition coefficient (Wildman–Crippen LogP) is 3.02. The van der Waals surface area contributed by atoms with Crippen LogP contribution in [0.4, 0.5) is 0 Å². The Hall–Kier alpha value is -1.44. The first-order valence-corrected chi connectivity index (χ1v) is 5.88. The molecule has 84 valence electrons. The van der Waals surface area contributed by atoms with Crippen LogP contribution >= 0.6 is 0 Å². The quantitative estimate of drug-likeness (QED) is 0.728. The number of carbonyl (C=O) groups is 2. The van der Waals surface area contributed by atoms with E-state index < -0.39 is 0 Å². The summed E-state index contributed by atoms with van der Waals surface area (Å²) in [4.78, 5) is 23.5. The van der Waals surface area contributed by atoms with Crippen LogP contribution in [0.3, 0.4) is 0 Å². The monoisotopic (exact) mass is 216 g/mol. The molecule has 0 heterocycles. The summed E-state index contributed by atoms with van der Waals surface area (Å²) in [7, 11) is 0. The highest BCUT2D eigenvalue weighted by Gasteiger charge is 2.24. The second kappa shape index (κ2) is 5.06. The van der Waals surface area contributed by atoms with E-state index in [1.54, 1.807) is 0 Å². The molecule has 0 N–H and O–H groups in total. The highest BCUT2D eigenvalue weighted by atomic mass is 16.1. The van der Waals surface area contributed by atoms with Gasteiger partial charge in [0, 0.05) is 24.3 Å². The van der Waals surface area contributed by atoms with Gasteiger partial charge in [-0.2, -0.15) is 0 Å². The highest BCUT2D eigenvalue weighted by molar-refractivity contribution is 5.98. The zero-order valence-corrected chi connectivity index (χ0v) is 9.32. The zero-order valence-electron chi connectivity index (χ0n) is 9.32. The maximum absolute atomic E-state index is 11.9. The van der Waals surface area contributed by atoms with E-state index >= 15 is 0 Å². The van der Waals surface area contributed by atoms with Crippen molar-refractivity contribution in [1.82, 2.24) is 0 Å². The van der Waals surface area contributed by atoms with Crippen LogP contribution in [-0.2, 0) is 4.79 Å². The molecule has 2 rings (SSSR count). The number of ketones is 2. The van der Waals surface area contributed by atoms with Gasteiger partial charge in [0.2, 0.25) is 0 Å². The average molecular weight is 216 g/mol. The SMILES string of the molecule is O=C(C[C@H]1CCCCC1=O)c1ccccc1. The first-order valence-electron chi connectivity index (χ1n) is 5.88. The summed E-state index contributed by atoms with van der Waals surface area (Å²) in [5.41, 5.74) is 0.723. The molecule has 0 aliphatic heterocycles. The molecule has 0 radical (unpaired) electrons. The molecule has 0 aromatic heterocycles. The van der Waals surface area contributed by atoms with E-state index in [1.807, 2.05) is 30.3 Å². The summed E-state index contributed by atoms with van der Waals surface area (Å²) in [6.07, 6.45) is 4.01. The van der Waals surface area contributed by atoms with Crippen molar-refractivity contribution in [2.24, 2.45) is 5.92 Å². The van der Waals surface area contributed by atoms with Crippen molar-refractivity contribution < 1.29 is 9.59 Å². The van der Waals surface area contributed by atoms with Gasteiger partial charge >= 0.3 is 0 Å². The fourth-order valence-corrected chi connectivity index (χ4v) is 2.24. The molecular weight excluding hydrogens is 200 g/mol. The van der Waals surface area contributed by atoms with Crippen LogP contribution < -0.4 is 0 Å². The van der Waals surface area contributed by atoms with Crippen molar-refractivity contribution in [1.29, 1.82) is 0 Å². The zero-order chi connectivity index (χ0) is 11.4. The van der Waals surface area contributed by atoms with E-state index in [0.717, 1.165) is 24.8 Å². The topological polar surface area (TPSA) is 34.1 Å². The minimum Gasteiger partial charge on any atom is -0.299 e. The van der Waals surface area contributed by atoms with E-state index in [4.69, 9.17) is 0 Å². The average Bonchev–Trinajstić information content (AvgIpc) is 2.33. The fourth-order valence-electron chi connectivity index (χ4n) is 2.24. The largest absolute Gasteiger partial charge is 0.299 e. The Morgan fingerprint density at radius 2 is 1.94 bits per heavy atom. The van der Waals surface area contributed by atoms with E-state index in [1.165, 1.54) is 0 Å². The van der Waals surface area contributed by atoms with Gasteiger partial charge in [-0.05, 0) is 12.8 Å². The molecule has 2 nitrogen and oxygen atoms in total. The van der Waals surface area contributed by atoms with Crippen LogP contribution in [0, 0.1) is 5.92 Å². The lowest BCUT2D eigenvalue weighted by molar-refractivity contribution is -0.124. The predicted molar refractivity (Wildman–Crippen MR) is 62.4 cm³/mol. The fraction of sp³-hybridized carbons (Fsp3) is 0.429. The first-order chi connectivity index (χ1) is 7.77. The van der Waals surface area contributed by atoms with Crippen molar-refractivity contribution in [2.45, 2.75) is 32.1 Å². The lowest BCUT2D eigenvalue weighted by Gasteiger charge is -2.19. The molecule has 0 spiro atoms. The number of hydrogen-bond donors (Lipinski definition) is 0. The molecule has 1 aromatic carbocycles. The Morgan fingerprint density at radius 3 is 2.62 bits per heavy atom. The third-order valence-electron chi connectivity index (χ3n) is 3.21. The van der Waals surface area contributed by atoms with Crippen LogP contribution in [0.25, 0.3) is 0 Å². The lowest BCUT2D eigenvalue weighted by Crippen LogP contribution is -2.22. The van der Waals surface area contributed by atoms with Gasteiger partial charge in [0.1, 0.15) is 5.78 Å². The minimum absolute atomic E-state index is 0.0264. The summed E-state index contributed by atoms with van der Waals surface area (Å²) in [5, 5.41) is 0. The van der Waals surface area contributed by atoms with E-state index in [-0.39, 0.29) is 17.5 Å². The molecule has 1 saturated carbocycles. The molecule has 0 unspecified atom stereocenters. The Labute approximate surface area is 95.7 Å². The summed E-state index contributed by atoms with van der Waals surface area (Å²) in [6.45, 7) is 0. The second-order valence-corrected chi connectivity index (χ2v) is 4.40. The molecule has 1 atom stereocenters. The summed E-state index contributed by atoms with van der Waals surface area (Å²) in [5.74, 6) is 0.345. The molecule has 1 aliphatic carbocycles. The van der Waals surface area contributed by atoms with Gasteiger partial charge in [-0.15, -0.1) is 0 Å². The number of Topliss-reactive ketones (excluding diaryl/α,β-unsaturated/α-hetero) is 2. The maximum atomic E-state index is 11.9. The molecular formula is C14H16O2. The van der Waals surface area contributed by atoms with Crippen LogP contribution in [0.1, 0.15) is 42.5 Å². The molecule has 2 heteroatoms.